The summed E-state index contributed by atoms with van der Waals surface area (Å²) in [6.07, 6.45) is 0.914. The SMILES string of the molecule is Cc1ccc(-c2c(C(=O)NS(=O)(=O)C3CC3)n(Cc3cc4ccccc4nc3Cl)c3cc(F)c(C)cc23)c(=O)[nH]1. The summed E-state index contributed by atoms with van der Waals surface area (Å²) in [6, 6.07) is 15.3. The van der Waals surface area contributed by atoms with Crippen molar-refractivity contribution in [2.45, 2.75) is 38.5 Å². The summed E-state index contributed by atoms with van der Waals surface area (Å²) in [5.74, 6) is -1.43. The Hall–Kier alpha value is -4.02. The van der Waals surface area contributed by atoms with E-state index in [0.29, 0.717) is 46.1 Å². The van der Waals surface area contributed by atoms with Crippen LogP contribution < -0.4 is 10.3 Å². The number of hydrogen-bond donors (Lipinski definition) is 2. The first-order chi connectivity index (χ1) is 19.0. The molecule has 1 saturated carbocycles. The third-order valence-corrected chi connectivity index (χ3v) is 9.31. The molecule has 1 amide bonds. The molecule has 40 heavy (non-hydrogen) atoms. The Kier molecular flexibility index (Phi) is 6.27. The number of aromatic amines is 1. The van der Waals surface area contributed by atoms with Gasteiger partial charge in [-0.15, -0.1) is 0 Å². The number of rotatable bonds is 6. The van der Waals surface area contributed by atoms with E-state index in [-0.39, 0.29) is 28.5 Å². The van der Waals surface area contributed by atoms with E-state index in [9.17, 15) is 18.0 Å². The van der Waals surface area contributed by atoms with Gasteiger partial charge < -0.3 is 9.55 Å². The van der Waals surface area contributed by atoms with Crippen LogP contribution in [0.15, 0.2) is 59.4 Å². The molecule has 0 saturated heterocycles. The molecule has 1 fully saturated rings. The topological polar surface area (TPSA) is 114 Å². The number of hydrogen-bond acceptors (Lipinski definition) is 5. The molecule has 0 bridgehead atoms. The molecule has 3 aromatic heterocycles. The quantitative estimate of drug-likeness (QED) is 0.268. The van der Waals surface area contributed by atoms with Crippen molar-refractivity contribution in [3.05, 3.63) is 98.4 Å². The number of nitrogens with zero attached hydrogens (tertiary/aromatic N) is 2. The average Bonchev–Trinajstić information content (AvgIpc) is 3.71. The number of halogens is 2. The second kappa shape index (κ2) is 9.57. The summed E-state index contributed by atoms with van der Waals surface area (Å²) in [5.41, 5.74) is 2.21. The van der Waals surface area contributed by atoms with Crippen molar-refractivity contribution in [2.24, 2.45) is 0 Å². The zero-order valence-corrected chi connectivity index (χ0v) is 23.2. The Balaban J connectivity index is 1.65. The van der Waals surface area contributed by atoms with Gasteiger partial charge >= 0.3 is 0 Å². The van der Waals surface area contributed by atoms with Gasteiger partial charge in [-0.05, 0) is 68.7 Å². The number of para-hydroxylation sites is 1. The number of amides is 1. The molecule has 1 aliphatic rings. The van der Waals surface area contributed by atoms with E-state index in [4.69, 9.17) is 11.6 Å². The maximum atomic E-state index is 15.0. The largest absolute Gasteiger partial charge is 0.331 e. The van der Waals surface area contributed by atoms with Gasteiger partial charge in [-0.1, -0.05) is 29.8 Å². The number of sulfonamides is 1. The average molecular weight is 579 g/mol. The number of fused-ring (bicyclic) bond motifs is 2. The van der Waals surface area contributed by atoms with Crippen molar-refractivity contribution in [1.29, 1.82) is 0 Å². The van der Waals surface area contributed by atoms with Crippen LogP contribution in [0.2, 0.25) is 5.15 Å². The number of benzene rings is 2. The molecule has 2 N–H and O–H groups in total. The van der Waals surface area contributed by atoms with Crippen molar-refractivity contribution >= 4 is 49.3 Å². The van der Waals surface area contributed by atoms with Gasteiger partial charge in [0.15, 0.2) is 0 Å². The molecule has 204 valence electrons. The van der Waals surface area contributed by atoms with Crippen LogP contribution >= 0.6 is 11.6 Å². The second-order valence-corrected chi connectivity index (χ2v) is 12.4. The Bertz CT molecular complexity index is 2030. The zero-order chi connectivity index (χ0) is 28.3. The molecule has 0 unspecified atom stereocenters. The third kappa shape index (κ3) is 4.56. The van der Waals surface area contributed by atoms with Gasteiger partial charge in [-0.2, -0.15) is 0 Å². The van der Waals surface area contributed by atoms with Gasteiger partial charge in [0.2, 0.25) is 10.0 Å². The fraction of sp³-hybridized carbons (Fsp3) is 0.207. The predicted octanol–water partition coefficient (Wildman–Crippen LogP) is 5.22. The lowest BCUT2D eigenvalue weighted by Crippen LogP contribution is -2.35. The lowest BCUT2D eigenvalue weighted by Gasteiger charge is -2.14. The van der Waals surface area contributed by atoms with E-state index >= 15 is 4.39 Å². The van der Waals surface area contributed by atoms with Crippen molar-refractivity contribution < 1.29 is 17.6 Å². The molecule has 6 rings (SSSR count). The van der Waals surface area contributed by atoms with Crippen LogP contribution in [0.5, 0.6) is 0 Å². The minimum absolute atomic E-state index is 0.0360. The molecule has 3 heterocycles. The van der Waals surface area contributed by atoms with Gasteiger partial charge in [-0.25, -0.2) is 22.5 Å². The third-order valence-electron chi connectivity index (χ3n) is 7.16. The Labute approximate surface area is 233 Å². The van der Waals surface area contributed by atoms with E-state index < -0.39 is 32.6 Å². The zero-order valence-electron chi connectivity index (χ0n) is 21.6. The van der Waals surface area contributed by atoms with Gasteiger partial charge in [0.1, 0.15) is 16.7 Å². The lowest BCUT2D eigenvalue weighted by atomic mass is 10.0. The monoisotopic (exact) mass is 578 g/mol. The molecule has 5 aromatic rings. The Morgan fingerprint density at radius 3 is 2.62 bits per heavy atom. The molecule has 11 heteroatoms. The minimum Gasteiger partial charge on any atom is -0.331 e. The Morgan fingerprint density at radius 1 is 1.15 bits per heavy atom. The molecule has 2 aromatic carbocycles. The molecule has 0 aliphatic heterocycles. The number of nitrogens with one attached hydrogen (secondary N) is 2. The van der Waals surface area contributed by atoms with E-state index in [2.05, 4.69) is 14.7 Å². The molecule has 0 spiro atoms. The van der Waals surface area contributed by atoms with Crippen LogP contribution in [0.4, 0.5) is 4.39 Å². The van der Waals surface area contributed by atoms with Crippen molar-refractivity contribution in [3.63, 3.8) is 0 Å². The normalized spacial score (nSPS) is 13.7. The number of aromatic nitrogens is 3. The van der Waals surface area contributed by atoms with E-state index in [1.54, 1.807) is 32.0 Å². The minimum atomic E-state index is -3.94. The summed E-state index contributed by atoms with van der Waals surface area (Å²) >= 11 is 6.57. The summed E-state index contributed by atoms with van der Waals surface area (Å²) < 4.78 is 44.4. The molecule has 8 nitrogen and oxygen atoms in total. The first-order valence-corrected chi connectivity index (χ1v) is 14.6. The summed E-state index contributed by atoms with van der Waals surface area (Å²) in [4.78, 5) is 34.2. The van der Waals surface area contributed by atoms with Crippen molar-refractivity contribution in [2.75, 3.05) is 0 Å². The highest BCUT2D eigenvalue weighted by molar-refractivity contribution is 7.91. The molecular weight excluding hydrogens is 555 g/mol. The second-order valence-electron chi connectivity index (χ2n) is 10.1. The van der Waals surface area contributed by atoms with E-state index in [0.717, 1.165) is 5.39 Å². The smallest absolute Gasteiger partial charge is 0.282 e. The van der Waals surface area contributed by atoms with Crippen molar-refractivity contribution in [1.82, 2.24) is 19.3 Å². The highest BCUT2D eigenvalue weighted by atomic mass is 35.5. The standard InChI is InChI=1S/C29H24ClFN4O4S/c1-15-11-21-24(13-22(15)31)35(14-18-12-17-5-3-4-6-23(17)33-27(18)30)26(29(37)34-40(38,39)19-8-9-19)25(21)20-10-7-16(2)32-28(20)36/h3-7,10-13,19H,8-9,14H2,1-2H3,(H,32,36)(H,34,37). The maximum Gasteiger partial charge on any atom is 0.282 e. The molecule has 0 radical (unpaired) electrons. The van der Waals surface area contributed by atoms with Crippen LogP contribution in [0.25, 0.3) is 32.9 Å². The summed E-state index contributed by atoms with van der Waals surface area (Å²) in [6.45, 7) is 3.26. The number of carbonyl (C=O) groups excluding carboxylic acids is 1. The fourth-order valence-corrected chi connectivity index (χ4v) is 6.46. The van der Waals surface area contributed by atoms with Crippen LogP contribution in [0.1, 0.15) is 40.2 Å². The summed E-state index contributed by atoms with van der Waals surface area (Å²) in [7, 11) is -3.94. The van der Waals surface area contributed by atoms with Gasteiger partial charge in [-0.3, -0.25) is 9.59 Å². The fourth-order valence-electron chi connectivity index (χ4n) is 4.98. The van der Waals surface area contributed by atoms with E-state index in [1.165, 1.54) is 10.6 Å². The van der Waals surface area contributed by atoms with Gasteiger partial charge in [0.05, 0.1) is 22.8 Å². The Morgan fingerprint density at radius 2 is 1.90 bits per heavy atom. The summed E-state index contributed by atoms with van der Waals surface area (Å²) in [5, 5.41) is 0.754. The molecular formula is C29H24ClFN4O4S. The molecule has 1 aliphatic carbocycles. The van der Waals surface area contributed by atoms with Crippen LogP contribution in [-0.2, 0) is 16.6 Å². The highest BCUT2D eigenvalue weighted by Gasteiger charge is 2.38. The lowest BCUT2D eigenvalue weighted by molar-refractivity contribution is 0.0974. The first kappa shape index (κ1) is 26.2. The first-order valence-electron chi connectivity index (χ1n) is 12.7. The van der Waals surface area contributed by atoms with Crippen LogP contribution in [0, 0.1) is 19.7 Å². The number of H-pyrrole nitrogens is 1. The van der Waals surface area contributed by atoms with Crippen LogP contribution in [-0.4, -0.2) is 34.1 Å². The van der Waals surface area contributed by atoms with Gasteiger partial charge in [0.25, 0.3) is 11.5 Å². The van der Waals surface area contributed by atoms with Gasteiger partial charge in [0, 0.05) is 33.2 Å². The van der Waals surface area contributed by atoms with E-state index in [1.807, 2.05) is 30.3 Å². The number of aryl methyl sites for hydroxylation is 2. The number of carbonyl (C=O) groups is 1. The maximum absolute atomic E-state index is 15.0. The molecule has 0 atom stereocenters. The van der Waals surface area contributed by atoms with Crippen molar-refractivity contribution in [3.8, 4) is 11.1 Å². The predicted molar refractivity (Wildman–Crippen MR) is 153 cm³/mol. The van der Waals surface area contributed by atoms with Crippen LogP contribution in [0.3, 0.4) is 0 Å². The highest BCUT2D eigenvalue weighted by Crippen LogP contribution is 2.37. The number of pyridine rings is 2.